The van der Waals surface area contributed by atoms with Gasteiger partial charge < -0.3 is 5.11 Å². The van der Waals surface area contributed by atoms with E-state index in [4.69, 9.17) is 11.6 Å². The van der Waals surface area contributed by atoms with Gasteiger partial charge in [-0.3, -0.25) is 9.69 Å². The molecule has 5 heteroatoms. The summed E-state index contributed by atoms with van der Waals surface area (Å²) in [5.74, 6) is -0.906. The van der Waals surface area contributed by atoms with Crippen LogP contribution in [0.3, 0.4) is 0 Å². The lowest BCUT2D eigenvalue weighted by molar-refractivity contribution is -0.116. The molecule has 1 aromatic carbocycles. The number of nitrogens with zero attached hydrogens (tertiary/aromatic N) is 1. The zero-order valence-electron chi connectivity index (χ0n) is 11.1. The summed E-state index contributed by atoms with van der Waals surface area (Å²) in [5.41, 5.74) is -0.0286. The SMILES string of the molecule is CC1(O)C2=C(CCCC2)C(=O)N1c1ccc(Cl)cc1F. The Bertz CT molecular complexity index is 624. The molecule has 1 heterocycles. The van der Waals surface area contributed by atoms with E-state index >= 15 is 0 Å². The van der Waals surface area contributed by atoms with E-state index in [1.54, 1.807) is 6.92 Å². The minimum Gasteiger partial charge on any atom is -0.367 e. The van der Waals surface area contributed by atoms with E-state index in [1.807, 2.05) is 0 Å². The molecule has 0 saturated heterocycles. The van der Waals surface area contributed by atoms with E-state index in [-0.39, 0.29) is 16.6 Å². The molecule has 1 aliphatic heterocycles. The molecule has 0 fully saturated rings. The number of benzene rings is 1. The molecule has 0 saturated carbocycles. The smallest absolute Gasteiger partial charge is 0.257 e. The van der Waals surface area contributed by atoms with E-state index in [0.29, 0.717) is 18.4 Å². The van der Waals surface area contributed by atoms with Gasteiger partial charge in [0.1, 0.15) is 5.82 Å². The number of carbonyl (C=O) groups excluding carboxylic acids is 1. The number of hydrogen-bond donors (Lipinski definition) is 1. The molecule has 0 aromatic heterocycles. The maximum atomic E-state index is 14.1. The molecule has 1 aromatic rings. The molecule has 1 aliphatic carbocycles. The molecule has 0 spiro atoms. The monoisotopic (exact) mass is 295 g/mol. The molecule has 3 nitrogen and oxygen atoms in total. The summed E-state index contributed by atoms with van der Waals surface area (Å²) >= 11 is 5.74. The Balaban J connectivity index is 2.09. The maximum absolute atomic E-state index is 14.1. The molecule has 1 unspecified atom stereocenters. The number of aliphatic hydroxyl groups is 1. The third-order valence-electron chi connectivity index (χ3n) is 4.09. The second-order valence-corrected chi connectivity index (χ2v) is 5.86. The minimum absolute atomic E-state index is 0.0683. The predicted molar refractivity (Wildman–Crippen MR) is 75.0 cm³/mol. The molecule has 1 atom stereocenters. The zero-order valence-corrected chi connectivity index (χ0v) is 11.9. The van der Waals surface area contributed by atoms with Crippen molar-refractivity contribution < 1.29 is 14.3 Å². The first-order valence-corrected chi connectivity index (χ1v) is 7.05. The lowest BCUT2D eigenvalue weighted by Crippen LogP contribution is -2.46. The topological polar surface area (TPSA) is 40.5 Å². The van der Waals surface area contributed by atoms with Crippen LogP contribution in [0, 0.1) is 5.82 Å². The Kier molecular flexibility index (Phi) is 3.10. The number of rotatable bonds is 1. The van der Waals surface area contributed by atoms with Crippen LogP contribution in [0.15, 0.2) is 29.3 Å². The maximum Gasteiger partial charge on any atom is 0.257 e. The van der Waals surface area contributed by atoms with Crippen molar-refractivity contribution in [1.29, 1.82) is 0 Å². The van der Waals surface area contributed by atoms with Crippen LogP contribution in [-0.4, -0.2) is 16.7 Å². The quantitative estimate of drug-likeness (QED) is 0.862. The normalized spacial score (nSPS) is 26.2. The van der Waals surface area contributed by atoms with Gasteiger partial charge in [-0.15, -0.1) is 0 Å². The van der Waals surface area contributed by atoms with E-state index in [9.17, 15) is 14.3 Å². The van der Waals surface area contributed by atoms with E-state index < -0.39 is 11.5 Å². The summed E-state index contributed by atoms with van der Waals surface area (Å²) in [7, 11) is 0. The average molecular weight is 296 g/mol. The summed E-state index contributed by atoms with van der Waals surface area (Å²) < 4.78 is 14.1. The second-order valence-electron chi connectivity index (χ2n) is 5.42. The van der Waals surface area contributed by atoms with Gasteiger partial charge in [0, 0.05) is 10.6 Å². The summed E-state index contributed by atoms with van der Waals surface area (Å²) in [4.78, 5) is 13.6. The summed E-state index contributed by atoms with van der Waals surface area (Å²) in [5, 5.41) is 11.0. The highest BCUT2D eigenvalue weighted by Gasteiger charge is 2.48. The first-order chi connectivity index (χ1) is 9.43. The van der Waals surface area contributed by atoms with Gasteiger partial charge in [0.15, 0.2) is 5.72 Å². The van der Waals surface area contributed by atoms with Gasteiger partial charge in [-0.25, -0.2) is 4.39 Å². The Morgan fingerprint density at radius 1 is 1.35 bits per heavy atom. The van der Waals surface area contributed by atoms with Crippen LogP contribution in [0.1, 0.15) is 32.6 Å². The van der Waals surface area contributed by atoms with Crippen LogP contribution in [0.25, 0.3) is 0 Å². The first-order valence-electron chi connectivity index (χ1n) is 6.67. The van der Waals surface area contributed by atoms with Gasteiger partial charge in [0.05, 0.1) is 5.69 Å². The van der Waals surface area contributed by atoms with Gasteiger partial charge in [0.25, 0.3) is 5.91 Å². The average Bonchev–Trinajstić information content (AvgIpc) is 2.60. The molecule has 3 rings (SSSR count). The highest BCUT2D eigenvalue weighted by Crippen LogP contribution is 2.44. The van der Waals surface area contributed by atoms with Crippen LogP contribution >= 0.6 is 11.6 Å². The van der Waals surface area contributed by atoms with Crippen LogP contribution < -0.4 is 4.90 Å². The fraction of sp³-hybridized carbons (Fsp3) is 0.400. The van der Waals surface area contributed by atoms with Crippen molar-refractivity contribution >= 4 is 23.2 Å². The lowest BCUT2D eigenvalue weighted by Gasteiger charge is -2.33. The third kappa shape index (κ3) is 1.86. The standard InChI is InChI=1S/C15H15ClFNO2/c1-15(20)11-5-3-2-4-10(11)14(19)18(15)13-7-6-9(16)8-12(13)17/h6-8,20H,2-5H2,1H3. The lowest BCUT2D eigenvalue weighted by atomic mass is 9.89. The predicted octanol–water partition coefficient (Wildman–Crippen LogP) is 3.40. The largest absolute Gasteiger partial charge is 0.367 e. The molecular weight excluding hydrogens is 281 g/mol. The molecular formula is C15H15ClFNO2. The van der Waals surface area contributed by atoms with Crippen LogP contribution in [0.4, 0.5) is 10.1 Å². The molecule has 1 amide bonds. The molecule has 20 heavy (non-hydrogen) atoms. The van der Waals surface area contributed by atoms with E-state index in [2.05, 4.69) is 0 Å². The van der Waals surface area contributed by atoms with Gasteiger partial charge in [0.2, 0.25) is 0 Å². The summed E-state index contributed by atoms with van der Waals surface area (Å²) in [6.07, 6.45) is 3.20. The number of hydrogen-bond acceptors (Lipinski definition) is 2. The second kappa shape index (κ2) is 4.57. The van der Waals surface area contributed by atoms with Crippen molar-refractivity contribution in [2.75, 3.05) is 4.90 Å². The fourth-order valence-electron chi connectivity index (χ4n) is 3.14. The van der Waals surface area contributed by atoms with Crippen molar-refractivity contribution in [2.24, 2.45) is 0 Å². The Morgan fingerprint density at radius 2 is 2.05 bits per heavy atom. The molecule has 0 radical (unpaired) electrons. The first kappa shape index (κ1) is 13.6. The van der Waals surface area contributed by atoms with E-state index in [0.717, 1.165) is 29.4 Å². The van der Waals surface area contributed by atoms with Crippen molar-refractivity contribution in [2.45, 2.75) is 38.3 Å². The van der Waals surface area contributed by atoms with Gasteiger partial charge in [-0.1, -0.05) is 11.6 Å². The molecule has 0 bridgehead atoms. The fourth-order valence-corrected chi connectivity index (χ4v) is 3.30. The van der Waals surface area contributed by atoms with E-state index in [1.165, 1.54) is 12.1 Å². The number of carbonyl (C=O) groups is 1. The van der Waals surface area contributed by atoms with Crippen molar-refractivity contribution in [3.8, 4) is 0 Å². The summed E-state index contributed by atoms with van der Waals surface area (Å²) in [6.45, 7) is 1.55. The zero-order chi connectivity index (χ0) is 14.5. The summed E-state index contributed by atoms with van der Waals surface area (Å²) in [6, 6.07) is 4.10. The highest BCUT2D eigenvalue weighted by molar-refractivity contribution is 6.30. The van der Waals surface area contributed by atoms with Crippen molar-refractivity contribution in [3.63, 3.8) is 0 Å². The molecule has 2 aliphatic rings. The molecule has 1 N–H and O–H groups in total. The third-order valence-corrected chi connectivity index (χ3v) is 4.32. The highest BCUT2D eigenvalue weighted by atomic mass is 35.5. The Hall–Kier alpha value is -1.39. The molecule has 106 valence electrons. The van der Waals surface area contributed by atoms with Crippen LogP contribution in [0.2, 0.25) is 5.02 Å². The number of anilines is 1. The van der Waals surface area contributed by atoms with Gasteiger partial charge in [-0.2, -0.15) is 0 Å². The number of amides is 1. The van der Waals surface area contributed by atoms with Crippen molar-refractivity contribution in [1.82, 2.24) is 0 Å². The van der Waals surface area contributed by atoms with Crippen LogP contribution in [-0.2, 0) is 4.79 Å². The number of halogens is 2. The Morgan fingerprint density at radius 3 is 2.70 bits per heavy atom. The minimum atomic E-state index is -1.46. The Labute approximate surface area is 121 Å². The van der Waals surface area contributed by atoms with Gasteiger partial charge in [-0.05, 0) is 56.4 Å². The van der Waals surface area contributed by atoms with Crippen molar-refractivity contribution in [3.05, 3.63) is 40.2 Å². The van der Waals surface area contributed by atoms with Crippen LogP contribution in [0.5, 0.6) is 0 Å². The van der Waals surface area contributed by atoms with Gasteiger partial charge >= 0.3 is 0 Å².